The second-order valence-corrected chi connectivity index (χ2v) is 11.7. The Kier molecular flexibility index (Phi) is 4.64. The Morgan fingerprint density at radius 1 is 1.54 bits per heavy atom. The van der Waals surface area contributed by atoms with Crippen LogP contribution in [-0.4, -0.2) is 68.0 Å². The van der Waals surface area contributed by atoms with E-state index in [9.17, 15) is 9.90 Å². The molecular weight excluding hydrogens is 351 g/mol. The molecule has 3 heterocycles. The Labute approximate surface area is 145 Å². The molecule has 2 aromatic rings. The molecular formula is C15H22ClN4O3P. The van der Waals surface area contributed by atoms with Crippen LogP contribution in [0.3, 0.4) is 0 Å². The number of aromatic amines is 1. The van der Waals surface area contributed by atoms with Gasteiger partial charge in [0.15, 0.2) is 17.4 Å². The minimum Gasteiger partial charge on any atom is -0.389 e. The van der Waals surface area contributed by atoms with E-state index in [2.05, 4.69) is 34.6 Å². The molecule has 7 nitrogen and oxygen atoms in total. The van der Waals surface area contributed by atoms with Crippen molar-refractivity contribution in [1.82, 2.24) is 19.5 Å². The van der Waals surface area contributed by atoms with Crippen LogP contribution in [0.15, 0.2) is 11.1 Å². The van der Waals surface area contributed by atoms with Gasteiger partial charge in [0.1, 0.15) is 17.3 Å². The minimum atomic E-state index is -1.21. The molecule has 132 valence electrons. The normalized spacial score (nSPS) is 27.9. The van der Waals surface area contributed by atoms with E-state index in [0.717, 1.165) is 6.16 Å². The molecule has 2 aromatic heterocycles. The van der Waals surface area contributed by atoms with Crippen LogP contribution in [0, 0.1) is 6.92 Å². The number of nitrogens with zero attached hydrogens (tertiary/aromatic N) is 3. The lowest BCUT2D eigenvalue weighted by Crippen LogP contribution is -2.28. The number of imidazole rings is 1. The average Bonchev–Trinajstić information content (AvgIpc) is 3.00. The highest BCUT2D eigenvalue weighted by Gasteiger charge is 2.44. The summed E-state index contributed by atoms with van der Waals surface area (Å²) in [6.07, 6.45) is 5.51. The summed E-state index contributed by atoms with van der Waals surface area (Å²) in [4.78, 5) is 23.0. The fraction of sp³-hybridized carbons (Fsp3) is 0.600. The molecule has 0 aliphatic carbocycles. The first-order chi connectivity index (χ1) is 11.2. The summed E-state index contributed by atoms with van der Waals surface area (Å²) in [7, 11) is 0. The van der Waals surface area contributed by atoms with E-state index in [4.69, 9.17) is 16.3 Å². The van der Waals surface area contributed by atoms with Crippen molar-refractivity contribution in [3.8, 4) is 0 Å². The van der Waals surface area contributed by atoms with Gasteiger partial charge in [-0.05, 0) is 32.8 Å². The number of aryl methyl sites for hydroxylation is 1. The van der Waals surface area contributed by atoms with Gasteiger partial charge in [-0.25, -0.2) is 9.97 Å². The number of aliphatic hydroxyl groups excluding tert-OH is 1. The summed E-state index contributed by atoms with van der Waals surface area (Å²) >= 11 is 6.40. The van der Waals surface area contributed by atoms with Gasteiger partial charge in [0.05, 0.1) is 12.4 Å². The van der Waals surface area contributed by atoms with Gasteiger partial charge in [-0.15, -0.1) is 24.8 Å². The Hall–Kier alpha value is -1.14. The lowest BCUT2D eigenvalue weighted by atomic mass is 10.1. The van der Waals surface area contributed by atoms with E-state index in [-0.39, 0.29) is 17.2 Å². The van der Waals surface area contributed by atoms with Crippen LogP contribution >= 0.6 is 18.5 Å². The topological polar surface area (TPSA) is 93.0 Å². The first-order valence-corrected chi connectivity index (χ1v) is 11.2. The van der Waals surface area contributed by atoms with Gasteiger partial charge in [-0.1, -0.05) is 0 Å². The molecule has 1 fully saturated rings. The highest BCUT2D eigenvalue weighted by atomic mass is 35.5. The molecule has 0 saturated carbocycles. The lowest BCUT2D eigenvalue weighted by Gasteiger charge is -2.18. The van der Waals surface area contributed by atoms with E-state index in [0.29, 0.717) is 17.9 Å². The third-order valence-corrected chi connectivity index (χ3v) is 6.08. The van der Waals surface area contributed by atoms with E-state index < -0.39 is 24.6 Å². The summed E-state index contributed by atoms with van der Waals surface area (Å²) < 4.78 is 7.62. The lowest BCUT2D eigenvalue weighted by molar-refractivity contribution is -0.0176. The molecule has 0 spiro atoms. The number of aromatic nitrogens is 4. The van der Waals surface area contributed by atoms with Crippen molar-refractivity contribution in [2.45, 2.75) is 37.2 Å². The molecule has 0 bridgehead atoms. The first-order valence-electron chi connectivity index (χ1n) is 7.76. The number of rotatable bonds is 4. The minimum absolute atomic E-state index is 0.232. The highest BCUT2D eigenvalue weighted by molar-refractivity contribution is 7.72. The SMILES string of the molecule is C=P(C)(C)CCC1OC(n2cnc3c(=O)[nH]c(C)nc32)[C@H](Cl)[C@@H]1O. The summed E-state index contributed by atoms with van der Waals surface area (Å²) in [6.45, 7) is 4.78. The van der Waals surface area contributed by atoms with Gasteiger partial charge in [0.25, 0.3) is 5.56 Å². The quantitative estimate of drug-likeness (QED) is 0.625. The molecule has 1 aliphatic heterocycles. The van der Waals surface area contributed by atoms with Gasteiger partial charge >= 0.3 is 0 Å². The van der Waals surface area contributed by atoms with Gasteiger partial charge in [-0.3, -0.25) is 9.36 Å². The number of halogens is 1. The van der Waals surface area contributed by atoms with E-state index in [1.54, 1.807) is 11.5 Å². The molecule has 1 saturated heterocycles. The number of hydrogen-bond acceptors (Lipinski definition) is 5. The van der Waals surface area contributed by atoms with Crippen molar-refractivity contribution < 1.29 is 9.84 Å². The number of fused-ring (bicyclic) bond motifs is 1. The second-order valence-electron chi connectivity index (χ2n) is 6.92. The largest absolute Gasteiger partial charge is 0.389 e. The van der Waals surface area contributed by atoms with Crippen LogP contribution in [0.2, 0.25) is 0 Å². The van der Waals surface area contributed by atoms with E-state index in [1.165, 1.54) is 6.33 Å². The average molecular weight is 373 g/mol. The summed E-state index contributed by atoms with van der Waals surface area (Å²) in [5, 5.41) is 9.78. The van der Waals surface area contributed by atoms with Crippen LogP contribution in [0.4, 0.5) is 0 Å². The molecule has 4 atom stereocenters. The van der Waals surface area contributed by atoms with Crippen molar-refractivity contribution in [1.29, 1.82) is 0 Å². The maximum Gasteiger partial charge on any atom is 0.279 e. The smallest absolute Gasteiger partial charge is 0.279 e. The zero-order valence-corrected chi connectivity index (χ0v) is 15.6. The Bertz CT molecular complexity index is 858. The van der Waals surface area contributed by atoms with Gasteiger partial charge in [0, 0.05) is 0 Å². The second kappa shape index (κ2) is 6.30. The Morgan fingerprint density at radius 3 is 2.92 bits per heavy atom. The van der Waals surface area contributed by atoms with Crippen LogP contribution < -0.4 is 5.56 Å². The maximum absolute atomic E-state index is 12.0. The summed E-state index contributed by atoms with van der Waals surface area (Å²) in [5.41, 5.74) is 0.335. The van der Waals surface area contributed by atoms with Gasteiger partial charge < -0.3 is 14.8 Å². The molecule has 2 unspecified atom stereocenters. The number of nitrogens with one attached hydrogen (secondary N) is 1. The number of hydrogen-bond donors (Lipinski definition) is 2. The van der Waals surface area contributed by atoms with Crippen molar-refractivity contribution >= 4 is 36.0 Å². The molecule has 2 N–H and O–H groups in total. The fourth-order valence-electron chi connectivity index (χ4n) is 2.86. The molecule has 0 amide bonds. The zero-order valence-electron chi connectivity index (χ0n) is 13.9. The van der Waals surface area contributed by atoms with Crippen LogP contribution in [-0.2, 0) is 4.74 Å². The first kappa shape index (κ1) is 17.7. The monoisotopic (exact) mass is 372 g/mol. The predicted molar refractivity (Wildman–Crippen MR) is 97.8 cm³/mol. The van der Waals surface area contributed by atoms with E-state index in [1.807, 2.05) is 0 Å². The molecule has 9 heteroatoms. The van der Waals surface area contributed by atoms with Crippen LogP contribution in [0.1, 0.15) is 18.5 Å². The molecule has 24 heavy (non-hydrogen) atoms. The standard InChI is InChI=1S/C15H22ClN4O3P/c1-8-18-13-11(14(22)19-8)17-7-20(13)15-10(16)12(21)9(23-15)5-6-24(2,3)4/h7,9-10,12,15,21H,2,5-6H2,1,3-4H3,(H,18,19,22)/t9?,10-,12-,15?/m1/s1. The summed E-state index contributed by atoms with van der Waals surface area (Å²) in [6, 6.07) is 0. The van der Waals surface area contributed by atoms with Crippen molar-refractivity contribution in [2.24, 2.45) is 0 Å². The van der Waals surface area contributed by atoms with E-state index >= 15 is 0 Å². The number of ether oxygens (including phenoxy) is 1. The molecule has 0 aromatic carbocycles. The third-order valence-electron chi connectivity index (χ3n) is 4.14. The third kappa shape index (κ3) is 3.31. The highest BCUT2D eigenvalue weighted by Crippen LogP contribution is 2.41. The van der Waals surface area contributed by atoms with Crippen molar-refractivity contribution in [2.75, 3.05) is 19.5 Å². The van der Waals surface area contributed by atoms with Gasteiger partial charge in [-0.2, -0.15) is 0 Å². The maximum atomic E-state index is 12.0. The zero-order chi connectivity index (χ0) is 17.6. The van der Waals surface area contributed by atoms with Gasteiger partial charge in [0.2, 0.25) is 0 Å². The Balaban J connectivity index is 1.90. The molecule has 3 rings (SSSR count). The fourth-order valence-corrected chi connectivity index (χ4v) is 4.16. The van der Waals surface area contributed by atoms with Crippen molar-refractivity contribution in [3.05, 3.63) is 22.5 Å². The molecule has 0 radical (unpaired) electrons. The van der Waals surface area contributed by atoms with Crippen LogP contribution in [0.25, 0.3) is 11.2 Å². The van der Waals surface area contributed by atoms with Crippen LogP contribution in [0.5, 0.6) is 0 Å². The summed E-state index contributed by atoms with van der Waals surface area (Å²) in [5.74, 6) is 0.485. The number of H-pyrrole nitrogens is 1. The number of alkyl halides is 1. The number of aliphatic hydroxyl groups is 1. The molecule has 1 aliphatic rings. The Morgan fingerprint density at radius 2 is 2.25 bits per heavy atom. The predicted octanol–water partition coefficient (Wildman–Crippen LogP) is 1.39. The van der Waals surface area contributed by atoms with Crippen molar-refractivity contribution in [3.63, 3.8) is 0 Å².